The average molecular weight is 172 g/mol. The number of unbranched alkanes of at least 4 members (excludes halogenated alkanes) is 1. The topological polar surface area (TPSA) is 66.1 Å². The Hall–Kier alpha value is -0.900. The van der Waals surface area contributed by atoms with Crippen molar-refractivity contribution in [3.63, 3.8) is 0 Å². The van der Waals surface area contributed by atoms with Crippen molar-refractivity contribution in [2.75, 3.05) is 6.61 Å². The molecule has 1 heterocycles. The van der Waals surface area contributed by atoms with Crippen LogP contribution in [0.25, 0.3) is 0 Å². The number of carbonyl (C=O) groups is 2. The van der Waals surface area contributed by atoms with E-state index in [1.807, 2.05) is 6.92 Å². The van der Waals surface area contributed by atoms with Crippen LogP contribution in [0.15, 0.2) is 0 Å². The first-order chi connectivity index (χ1) is 5.70. The van der Waals surface area contributed by atoms with Gasteiger partial charge in [0.1, 0.15) is 0 Å². The van der Waals surface area contributed by atoms with Crippen molar-refractivity contribution in [2.45, 2.75) is 32.6 Å². The zero-order valence-electron chi connectivity index (χ0n) is 7.26. The molecule has 1 aliphatic heterocycles. The predicted molar refractivity (Wildman–Crippen MR) is 42.8 cm³/mol. The summed E-state index contributed by atoms with van der Waals surface area (Å²) in [5, 5.41) is 11.7. The van der Waals surface area contributed by atoms with E-state index in [1.54, 1.807) is 0 Å². The SMILES string of the molecule is CCCC[O].O=C1CCC(=O)N1. The summed E-state index contributed by atoms with van der Waals surface area (Å²) in [5.41, 5.74) is 0. The minimum Gasteiger partial charge on any atom is -0.296 e. The van der Waals surface area contributed by atoms with Crippen molar-refractivity contribution in [1.82, 2.24) is 5.32 Å². The standard InChI is InChI=1S/C4H5NO2.C4H9O/c6-3-1-2-4(7)5-3;1-2-3-4-5/h1-2H2,(H,5,6,7);2-4H2,1H3. The summed E-state index contributed by atoms with van der Waals surface area (Å²) in [6, 6.07) is 0. The number of hydrogen-bond acceptors (Lipinski definition) is 2. The average Bonchev–Trinajstić information content (AvgIpc) is 2.38. The molecule has 4 nitrogen and oxygen atoms in total. The number of imide groups is 1. The first kappa shape index (κ1) is 11.1. The number of rotatable bonds is 2. The molecule has 12 heavy (non-hydrogen) atoms. The Kier molecular flexibility index (Phi) is 6.28. The molecular weight excluding hydrogens is 158 g/mol. The van der Waals surface area contributed by atoms with Gasteiger partial charge in [-0.1, -0.05) is 13.3 Å². The van der Waals surface area contributed by atoms with Crippen LogP contribution in [-0.2, 0) is 14.7 Å². The summed E-state index contributed by atoms with van der Waals surface area (Å²) in [4.78, 5) is 20.2. The van der Waals surface area contributed by atoms with Gasteiger partial charge in [-0.2, -0.15) is 0 Å². The second kappa shape index (κ2) is 6.79. The molecule has 0 atom stereocenters. The zero-order valence-corrected chi connectivity index (χ0v) is 7.26. The predicted octanol–water partition coefficient (Wildman–Crippen LogP) is 0.640. The molecule has 0 aliphatic carbocycles. The largest absolute Gasteiger partial charge is 0.296 e. The van der Waals surface area contributed by atoms with Crippen LogP contribution in [0, 0.1) is 0 Å². The molecule has 1 saturated heterocycles. The molecule has 2 amide bonds. The first-order valence-electron chi connectivity index (χ1n) is 4.11. The highest BCUT2D eigenvalue weighted by molar-refractivity contribution is 6.01. The minimum absolute atomic E-state index is 0.0938. The van der Waals surface area contributed by atoms with Crippen molar-refractivity contribution in [2.24, 2.45) is 0 Å². The van der Waals surface area contributed by atoms with Gasteiger partial charge in [-0.25, -0.2) is 5.11 Å². The summed E-state index contributed by atoms with van der Waals surface area (Å²) in [6.07, 6.45) is 2.61. The van der Waals surface area contributed by atoms with Gasteiger partial charge in [0.15, 0.2) is 0 Å². The molecule has 4 heteroatoms. The highest BCUT2D eigenvalue weighted by Crippen LogP contribution is 1.95. The quantitative estimate of drug-likeness (QED) is 0.621. The fourth-order valence-electron chi connectivity index (χ4n) is 0.652. The molecule has 1 radical (unpaired) electrons. The lowest BCUT2D eigenvalue weighted by molar-refractivity contribution is -0.124. The summed E-state index contributed by atoms with van der Waals surface area (Å²) in [5.74, 6) is -0.296. The molecule has 1 aliphatic rings. The van der Waals surface area contributed by atoms with Crippen molar-refractivity contribution in [3.8, 4) is 0 Å². The summed E-state index contributed by atoms with van der Waals surface area (Å²) < 4.78 is 0. The van der Waals surface area contributed by atoms with Gasteiger partial charge in [0.25, 0.3) is 0 Å². The lowest BCUT2D eigenvalue weighted by Gasteiger charge is -1.79. The van der Waals surface area contributed by atoms with Gasteiger partial charge in [0, 0.05) is 12.8 Å². The van der Waals surface area contributed by atoms with Gasteiger partial charge >= 0.3 is 0 Å². The summed E-state index contributed by atoms with van der Waals surface area (Å²) >= 11 is 0. The summed E-state index contributed by atoms with van der Waals surface area (Å²) in [7, 11) is 0. The monoisotopic (exact) mass is 172 g/mol. The van der Waals surface area contributed by atoms with E-state index < -0.39 is 0 Å². The maximum atomic E-state index is 10.1. The molecule has 0 bridgehead atoms. The van der Waals surface area contributed by atoms with Crippen LogP contribution in [0.4, 0.5) is 0 Å². The number of nitrogens with one attached hydrogen (secondary N) is 1. The second-order valence-electron chi connectivity index (χ2n) is 2.53. The zero-order chi connectivity index (χ0) is 9.40. The van der Waals surface area contributed by atoms with Crippen LogP contribution in [0.1, 0.15) is 32.6 Å². The lowest BCUT2D eigenvalue weighted by Crippen LogP contribution is -2.18. The third-order valence-electron chi connectivity index (χ3n) is 1.36. The Morgan fingerprint density at radius 2 is 1.75 bits per heavy atom. The highest BCUT2D eigenvalue weighted by Gasteiger charge is 2.15. The van der Waals surface area contributed by atoms with E-state index in [1.165, 1.54) is 0 Å². The van der Waals surface area contributed by atoms with Crippen LogP contribution in [-0.4, -0.2) is 18.4 Å². The normalized spacial score (nSPS) is 15.2. The Labute approximate surface area is 72.0 Å². The lowest BCUT2D eigenvalue weighted by atomic mass is 10.4. The Morgan fingerprint density at radius 1 is 1.25 bits per heavy atom. The van der Waals surface area contributed by atoms with Crippen molar-refractivity contribution >= 4 is 11.8 Å². The molecule has 0 unspecified atom stereocenters. The smallest absolute Gasteiger partial charge is 0.227 e. The van der Waals surface area contributed by atoms with Crippen molar-refractivity contribution in [3.05, 3.63) is 0 Å². The Bertz CT molecular complexity index is 140. The molecule has 0 aromatic carbocycles. The van der Waals surface area contributed by atoms with Gasteiger partial charge in [-0.05, 0) is 6.42 Å². The van der Waals surface area contributed by atoms with E-state index in [0.29, 0.717) is 12.8 Å². The van der Waals surface area contributed by atoms with Gasteiger partial charge in [-0.3, -0.25) is 14.9 Å². The molecule has 1 fully saturated rings. The molecule has 0 saturated carbocycles. The molecular formula is C8H14NO3. The fourth-order valence-corrected chi connectivity index (χ4v) is 0.652. The second-order valence-corrected chi connectivity index (χ2v) is 2.53. The molecule has 1 rings (SSSR count). The van der Waals surface area contributed by atoms with E-state index in [2.05, 4.69) is 5.32 Å². The third kappa shape index (κ3) is 5.85. The van der Waals surface area contributed by atoms with E-state index in [4.69, 9.17) is 0 Å². The third-order valence-corrected chi connectivity index (χ3v) is 1.36. The molecule has 69 valence electrons. The van der Waals surface area contributed by atoms with Crippen LogP contribution in [0.3, 0.4) is 0 Å². The Balaban J connectivity index is 0.000000217. The van der Waals surface area contributed by atoms with Crippen molar-refractivity contribution in [1.29, 1.82) is 0 Å². The van der Waals surface area contributed by atoms with E-state index in [0.717, 1.165) is 12.8 Å². The van der Waals surface area contributed by atoms with Gasteiger partial charge < -0.3 is 0 Å². The molecule has 0 spiro atoms. The maximum absolute atomic E-state index is 10.1. The van der Waals surface area contributed by atoms with Crippen LogP contribution in [0.2, 0.25) is 0 Å². The van der Waals surface area contributed by atoms with Gasteiger partial charge in [0.05, 0.1) is 6.61 Å². The Morgan fingerprint density at radius 3 is 1.83 bits per heavy atom. The van der Waals surface area contributed by atoms with Gasteiger partial charge in [-0.15, -0.1) is 0 Å². The number of amides is 2. The maximum Gasteiger partial charge on any atom is 0.227 e. The van der Waals surface area contributed by atoms with Crippen LogP contribution >= 0.6 is 0 Å². The number of carbonyl (C=O) groups excluding carboxylic acids is 2. The number of hydrogen-bond donors (Lipinski definition) is 1. The molecule has 0 aromatic rings. The molecule has 0 aromatic heterocycles. The molecule has 1 N–H and O–H groups in total. The van der Waals surface area contributed by atoms with Crippen molar-refractivity contribution < 1.29 is 14.7 Å². The summed E-state index contributed by atoms with van der Waals surface area (Å²) in [6.45, 7) is 2.11. The van der Waals surface area contributed by atoms with Crippen LogP contribution < -0.4 is 5.32 Å². The van der Waals surface area contributed by atoms with E-state index in [-0.39, 0.29) is 18.4 Å². The van der Waals surface area contributed by atoms with E-state index >= 15 is 0 Å². The first-order valence-corrected chi connectivity index (χ1v) is 4.11. The minimum atomic E-state index is -0.148. The van der Waals surface area contributed by atoms with Crippen LogP contribution in [0.5, 0.6) is 0 Å². The van der Waals surface area contributed by atoms with E-state index in [9.17, 15) is 14.7 Å². The highest BCUT2D eigenvalue weighted by atomic mass is 16.2. The van der Waals surface area contributed by atoms with Gasteiger partial charge in [0.2, 0.25) is 11.8 Å². The fraction of sp³-hybridized carbons (Fsp3) is 0.750.